The molecular weight excluding hydrogens is 205 g/mol. The van der Waals surface area contributed by atoms with Gasteiger partial charge in [-0.2, -0.15) is 0 Å². The molecule has 0 aliphatic carbocycles. The van der Waals surface area contributed by atoms with Crippen molar-refractivity contribution in [3.05, 3.63) is 53.2 Å². The van der Waals surface area contributed by atoms with Gasteiger partial charge in [0, 0.05) is 18.2 Å². The van der Waals surface area contributed by atoms with E-state index in [1.165, 1.54) is 6.07 Å². The van der Waals surface area contributed by atoms with Gasteiger partial charge in [0.05, 0.1) is 0 Å². The SMILES string of the molecule is Cc1cc(N)nc(Cc2ccccc2F)n1. The van der Waals surface area contributed by atoms with Crippen molar-refractivity contribution < 1.29 is 4.39 Å². The lowest BCUT2D eigenvalue weighted by molar-refractivity contribution is 0.612. The van der Waals surface area contributed by atoms with Gasteiger partial charge in [-0.1, -0.05) is 18.2 Å². The molecule has 1 aromatic heterocycles. The van der Waals surface area contributed by atoms with Crippen molar-refractivity contribution in [2.24, 2.45) is 0 Å². The molecule has 0 atom stereocenters. The van der Waals surface area contributed by atoms with Gasteiger partial charge in [-0.25, -0.2) is 14.4 Å². The molecule has 0 saturated heterocycles. The van der Waals surface area contributed by atoms with Gasteiger partial charge in [-0.3, -0.25) is 0 Å². The van der Waals surface area contributed by atoms with Gasteiger partial charge < -0.3 is 5.73 Å². The molecule has 0 saturated carbocycles. The van der Waals surface area contributed by atoms with Crippen LogP contribution < -0.4 is 5.73 Å². The summed E-state index contributed by atoms with van der Waals surface area (Å²) < 4.78 is 13.4. The lowest BCUT2D eigenvalue weighted by Gasteiger charge is -2.04. The van der Waals surface area contributed by atoms with E-state index in [9.17, 15) is 4.39 Å². The molecule has 0 spiro atoms. The molecule has 1 aromatic carbocycles. The molecular formula is C12H12FN3. The van der Waals surface area contributed by atoms with E-state index in [0.717, 1.165) is 5.69 Å². The Balaban J connectivity index is 2.30. The van der Waals surface area contributed by atoms with Gasteiger partial charge in [0.25, 0.3) is 0 Å². The average Bonchev–Trinajstić information content (AvgIpc) is 2.20. The van der Waals surface area contributed by atoms with Crippen molar-refractivity contribution in [2.75, 3.05) is 5.73 Å². The third kappa shape index (κ3) is 2.34. The summed E-state index contributed by atoms with van der Waals surface area (Å²) in [5, 5.41) is 0. The number of rotatable bonds is 2. The zero-order valence-electron chi connectivity index (χ0n) is 8.94. The summed E-state index contributed by atoms with van der Waals surface area (Å²) >= 11 is 0. The number of hydrogen-bond acceptors (Lipinski definition) is 3. The maximum Gasteiger partial charge on any atom is 0.135 e. The van der Waals surface area contributed by atoms with Gasteiger partial charge in [-0.05, 0) is 18.6 Å². The first-order chi connectivity index (χ1) is 7.65. The third-order valence-corrected chi connectivity index (χ3v) is 2.23. The molecule has 1 heterocycles. The van der Waals surface area contributed by atoms with Crippen LogP contribution in [0.4, 0.5) is 10.2 Å². The lowest BCUT2D eigenvalue weighted by Crippen LogP contribution is -2.03. The Morgan fingerprint density at radius 1 is 1.25 bits per heavy atom. The molecule has 0 unspecified atom stereocenters. The molecule has 2 aromatic rings. The minimum atomic E-state index is -0.244. The van der Waals surface area contributed by atoms with Crippen LogP contribution in [0.1, 0.15) is 17.1 Å². The van der Waals surface area contributed by atoms with E-state index in [2.05, 4.69) is 9.97 Å². The highest BCUT2D eigenvalue weighted by molar-refractivity contribution is 5.31. The average molecular weight is 217 g/mol. The summed E-state index contributed by atoms with van der Waals surface area (Å²) in [6.07, 6.45) is 0.360. The topological polar surface area (TPSA) is 51.8 Å². The Labute approximate surface area is 93.2 Å². The molecule has 2 rings (SSSR count). The number of benzene rings is 1. The van der Waals surface area contributed by atoms with Crippen molar-refractivity contribution >= 4 is 5.82 Å². The van der Waals surface area contributed by atoms with Gasteiger partial charge in [0.15, 0.2) is 0 Å². The molecule has 0 amide bonds. The monoisotopic (exact) mass is 217 g/mol. The van der Waals surface area contributed by atoms with Crippen LogP contribution in [0.3, 0.4) is 0 Å². The number of nitrogens with zero attached hydrogens (tertiary/aromatic N) is 2. The molecule has 0 aliphatic heterocycles. The van der Waals surface area contributed by atoms with Gasteiger partial charge in [0.1, 0.15) is 17.5 Å². The van der Waals surface area contributed by atoms with E-state index in [4.69, 9.17) is 5.73 Å². The predicted octanol–water partition coefficient (Wildman–Crippen LogP) is 2.10. The van der Waals surface area contributed by atoms with E-state index < -0.39 is 0 Å². The first-order valence-electron chi connectivity index (χ1n) is 4.98. The number of nitrogens with two attached hydrogens (primary N) is 1. The standard InChI is InChI=1S/C12H12FN3/c1-8-6-11(14)16-12(15-8)7-9-4-2-3-5-10(9)13/h2-6H,7H2,1H3,(H2,14,15,16). The summed E-state index contributed by atoms with van der Waals surface area (Å²) in [6.45, 7) is 1.84. The fourth-order valence-corrected chi connectivity index (χ4v) is 1.55. The molecule has 0 fully saturated rings. The molecule has 0 aliphatic rings. The minimum Gasteiger partial charge on any atom is -0.384 e. The first kappa shape index (κ1) is 10.5. The summed E-state index contributed by atoms with van der Waals surface area (Å²) in [4.78, 5) is 8.28. The highest BCUT2D eigenvalue weighted by Crippen LogP contribution is 2.11. The van der Waals surface area contributed by atoms with Crippen molar-refractivity contribution in [2.45, 2.75) is 13.3 Å². The molecule has 0 radical (unpaired) electrons. The molecule has 0 bridgehead atoms. The molecule has 2 N–H and O–H groups in total. The van der Waals surface area contributed by atoms with E-state index in [-0.39, 0.29) is 5.82 Å². The summed E-state index contributed by atoms with van der Waals surface area (Å²) in [6, 6.07) is 8.28. The van der Waals surface area contributed by atoms with Crippen LogP contribution in [0.2, 0.25) is 0 Å². The smallest absolute Gasteiger partial charge is 0.135 e. The zero-order valence-corrected chi connectivity index (χ0v) is 8.94. The van der Waals surface area contributed by atoms with Crippen molar-refractivity contribution in [3.8, 4) is 0 Å². The Bertz CT molecular complexity index is 491. The minimum absolute atomic E-state index is 0.244. The van der Waals surface area contributed by atoms with Crippen LogP contribution in [0, 0.1) is 12.7 Å². The predicted molar refractivity (Wildman–Crippen MR) is 60.4 cm³/mol. The second kappa shape index (κ2) is 4.26. The van der Waals surface area contributed by atoms with E-state index >= 15 is 0 Å². The first-order valence-corrected chi connectivity index (χ1v) is 4.98. The molecule has 3 nitrogen and oxygen atoms in total. The highest BCUT2D eigenvalue weighted by Gasteiger charge is 2.05. The fourth-order valence-electron chi connectivity index (χ4n) is 1.55. The number of aryl methyl sites for hydroxylation is 1. The van der Waals surface area contributed by atoms with Crippen molar-refractivity contribution in [3.63, 3.8) is 0 Å². The van der Waals surface area contributed by atoms with E-state index in [0.29, 0.717) is 23.6 Å². The molecule has 82 valence electrons. The number of anilines is 1. The second-order valence-corrected chi connectivity index (χ2v) is 3.62. The Morgan fingerprint density at radius 3 is 2.69 bits per heavy atom. The van der Waals surface area contributed by atoms with Crippen LogP contribution in [-0.2, 0) is 6.42 Å². The Kier molecular flexibility index (Phi) is 2.81. The van der Waals surface area contributed by atoms with Gasteiger partial charge in [-0.15, -0.1) is 0 Å². The van der Waals surface area contributed by atoms with Gasteiger partial charge in [0.2, 0.25) is 0 Å². The van der Waals surface area contributed by atoms with Crippen LogP contribution >= 0.6 is 0 Å². The molecule has 4 heteroatoms. The van der Waals surface area contributed by atoms with Crippen molar-refractivity contribution in [1.29, 1.82) is 0 Å². The summed E-state index contributed by atoms with van der Waals surface area (Å²) in [5.41, 5.74) is 6.97. The number of nitrogen functional groups attached to an aromatic ring is 1. The molecule has 16 heavy (non-hydrogen) atoms. The Hall–Kier alpha value is -1.97. The third-order valence-electron chi connectivity index (χ3n) is 2.23. The van der Waals surface area contributed by atoms with Gasteiger partial charge >= 0.3 is 0 Å². The van der Waals surface area contributed by atoms with Crippen molar-refractivity contribution in [1.82, 2.24) is 9.97 Å². The maximum atomic E-state index is 13.4. The highest BCUT2D eigenvalue weighted by atomic mass is 19.1. The maximum absolute atomic E-state index is 13.4. The largest absolute Gasteiger partial charge is 0.384 e. The number of halogens is 1. The number of aromatic nitrogens is 2. The quantitative estimate of drug-likeness (QED) is 0.838. The van der Waals surface area contributed by atoms with Crippen LogP contribution in [0.15, 0.2) is 30.3 Å². The zero-order chi connectivity index (χ0) is 11.5. The number of hydrogen-bond donors (Lipinski definition) is 1. The van der Waals surface area contributed by atoms with Crippen LogP contribution in [-0.4, -0.2) is 9.97 Å². The summed E-state index contributed by atoms with van der Waals surface area (Å²) in [7, 11) is 0. The van der Waals surface area contributed by atoms with Crippen LogP contribution in [0.5, 0.6) is 0 Å². The lowest BCUT2D eigenvalue weighted by atomic mass is 10.1. The fraction of sp³-hybridized carbons (Fsp3) is 0.167. The van der Waals surface area contributed by atoms with Crippen LogP contribution in [0.25, 0.3) is 0 Å². The van der Waals surface area contributed by atoms with E-state index in [1.54, 1.807) is 24.3 Å². The normalized spacial score (nSPS) is 10.4. The summed E-state index contributed by atoms with van der Waals surface area (Å²) in [5.74, 6) is 0.715. The second-order valence-electron chi connectivity index (χ2n) is 3.62. The van der Waals surface area contributed by atoms with E-state index in [1.807, 2.05) is 6.92 Å². The Morgan fingerprint density at radius 2 is 2.00 bits per heavy atom.